The number of hydrogen-bond acceptors (Lipinski definition) is 2. The molecule has 0 radical (unpaired) electrons. The van der Waals surface area contributed by atoms with E-state index < -0.39 is 7.14 Å². The van der Waals surface area contributed by atoms with Gasteiger partial charge in [0, 0.05) is 26.7 Å². The fourth-order valence-electron chi connectivity index (χ4n) is 5.26. The molecule has 0 amide bonds. The van der Waals surface area contributed by atoms with Gasteiger partial charge in [0.15, 0.2) is 7.14 Å². The van der Waals surface area contributed by atoms with E-state index in [1.165, 1.54) is 5.39 Å². The number of benzene rings is 5. The fourth-order valence-corrected chi connectivity index (χ4v) is 8.33. The highest BCUT2D eigenvalue weighted by molar-refractivity contribution is 7.86. The topological polar surface area (TPSA) is 48.0 Å². The van der Waals surface area contributed by atoms with Crippen molar-refractivity contribution >= 4 is 55.6 Å². The number of aromatic nitrogens is 1. The predicted molar refractivity (Wildman–Crippen MR) is 135 cm³/mol. The molecule has 0 spiro atoms. The van der Waals surface area contributed by atoms with Gasteiger partial charge in [-0.1, -0.05) is 78.9 Å². The Bertz CT molecular complexity index is 1770. The minimum atomic E-state index is -2.98. The van der Waals surface area contributed by atoms with Crippen molar-refractivity contribution in [1.82, 2.24) is 4.68 Å². The Balaban J connectivity index is 1.64. The Morgan fingerprint density at radius 1 is 0.594 bits per heavy atom. The van der Waals surface area contributed by atoms with Gasteiger partial charge in [0.05, 0.1) is 11.0 Å². The third-order valence-corrected chi connectivity index (χ3v) is 9.92. The fraction of sp³-hybridized carbons (Fsp3) is 0. The number of nitrogens with zero attached hydrogens (tertiary/aromatic N) is 1. The van der Waals surface area contributed by atoms with Crippen molar-refractivity contribution in [3.8, 4) is 11.1 Å². The Kier molecular flexibility index (Phi) is 3.41. The average molecular weight is 430 g/mol. The molecule has 2 heterocycles. The van der Waals surface area contributed by atoms with Gasteiger partial charge in [-0.05, 0) is 46.2 Å². The molecule has 1 aromatic heterocycles. The highest BCUT2D eigenvalue weighted by Crippen LogP contribution is 2.53. The van der Waals surface area contributed by atoms with E-state index in [0.717, 1.165) is 54.2 Å². The van der Waals surface area contributed by atoms with Gasteiger partial charge < -0.3 is 10.4 Å². The molecule has 7 rings (SSSR count). The molecule has 6 aromatic rings. The minimum Gasteiger partial charge on any atom is -0.339 e. The summed E-state index contributed by atoms with van der Waals surface area (Å²) in [7, 11) is -2.98. The van der Waals surface area contributed by atoms with Crippen LogP contribution in [0.2, 0.25) is 0 Å². The van der Waals surface area contributed by atoms with Crippen LogP contribution in [0.25, 0.3) is 43.7 Å². The van der Waals surface area contributed by atoms with Crippen LogP contribution in [-0.4, -0.2) is 4.68 Å². The number of nitrogen functional groups attached to an aromatic ring is 1. The lowest BCUT2D eigenvalue weighted by Gasteiger charge is -2.15. The monoisotopic (exact) mass is 430 g/mol. The normalized spacial score (nSPS) is 17.1. The van der Waals surface area contributed by atoms with Gasteiger partial charge in [-0.25, -0.2) is 0 Å². The molecule has 0 fully saturated rings. The van der Waals surface area contributed by atoms with Gasteiger partial charge >= 0.3 is 0 Å². The molecule has 152 valence electrons. The first kappa shape index (κ1) is 17.8. The van der Waals surface area contributed by atoms with E-state index in [-0.39, 0.29) is 0 Å². The summed E-state index contributed by atoms with van der Waals surface area (Å²) in [6.07, 6.45) is 0. The van der Waals surface area contributed by atoms with Crippen LogP contribution in [0.3, 0.4) is 0 Å². The van der Waals surface area contributed by atoms with Crippen LogP contribution >= 0.6 is 7.14 Å². The second-order valence-electron chi connectivity index (χ2n) is 8.43. The largest absolute Gasteiger partial charge is 0.339 e. The van der Waals surface area contributed by atoms with Crippen molar-refractivity contribution in [2.45, 2.75) is 0 Å². The van der Waals surface area contributed by atoms with E-state index in [1.807, 2.05) is 54.6 Å². The van der Waals surface area contributed by atoms with Gasteiger partial charge in [-0.15, -0.1) is 0 Å². The van der Waals surface area contributed by atoms with Crippen molar-refractivity contribution < 1.29 is 4.57 Å². The number of rotatable bonds is 1. The number of nitrogens with two attached hydrogens (primary N) is 1. The molecule has 0 aliphatic carbocycles. The molecule has 0 bridgehead atoms. The molecule has 3 nitrogen and oxygen atoms in total. The molecule has 4 heteroatoms. The average Bonchev–Trinajstić information content (AvgIpc) is 3.26. The summed E-state index contributed by atoms with van der Waals surface area (Å²) in [6, 6.07) is 34.8. The standard InChI is InChI=1S/C28H19N2OP/c29-30-25-15-19-9-5-4-8-18(19)14-22(25)23-16-24-21-12-6-7-13-27(21)32(31,28(24)17-26(23)30)20-10-2-1-3-11-20/h1-17H,29H2. The molecule has 5 aromatic carbocycles. The predicted octanol–water partition coefficient (Wildman–Crippen LogP) is 5.28. The Labute approximate surface area is 185 Å². The summed E-state index contributed by atoms with van der Waals surface area (Å²) < 4.78 is 16.5. The SMILES string of the molecule is Nn1c2cc3c(cc2c2cc4ccccc4cc21)-c1ccccc1P3(=O)c1ccccc1. The van der Waals surface area contributed by atoms with Crippen molar-refractivity contribution in [1.29, 1.82) is 0 Å². The molecule has 0 saturated carbocycles. The van der Waals surface area contributed by atoms with Gasteiger partial charge in [0.25, 0.3) is 0 Å². The lowest BCUT2D eigenvalue weighted by atomic mass is 10.0. The summed E-state index contributed by atoms with van der Waals surface area (Å²) in [6.45, 7) is 0. The van der Waals surface area contributed by atoms with Gasteiger partial charge in [-0.3, -0.25) is 4.68 Å². The third-order valence-electron chi connectivity index (χ3n) is 6.78. The Morgan fingerprint density at radius 3 is 2.03 bits per heavy atom. The quantitative estimate of drug-likeness (QED) is 0.285. The van der Waals surface area contributed by atoms with Crippen LogP contribution in [0.4, 0.5) is 0 Å². The third kappa shape index (κ3) is 2.14. The second-order valence-corrected chi connectivity index (χ2v) is 11.1. The summed E-state index contributed by atoms with van der Waals surface area (Å²) in [5, 5.41) is 7.18. The van der Waals surface area contributed by atoms with E-state index in [1.54, 1.807) is 4.68 Å². The maximum absolute atomic E-state index is 14.8. The molecule has 0 saturated heterocycles. The first-order chi connectivity index (χ1) is 15.7. The summed E-state index contributed by atoms with van der Waals surface area (Å²) in [5.74, 6) is 6.62. The maximum Gasteiger partial charge on any atom is 0.172 e. The van der Waals surface area contributed by atoms with E-state index in [2.05, 4.69) is 48.5 Å². The van der Waals surface area contributed by atoms with Crippen LogP contribution in [-0.2, 0) is 4.57 Å². The summed E-state index contributed by atoms with van der Waals surface area (Å²) >= 11 is 0. The lowest BCUT2D eigenvalue weighted by Crippen LogP contribution is -2.21. The van der Waals surface area contributed by atoms with Crippen molar-refractivity contribution in [2.24, 2.45) is 0 Å². The Hall–Kier alpha value is -3.81. The zero-order valence-corrected chi connectivity index (χ0v) is 18.1. The first-order valence-electron chi connectivity index (χ1n) is 10.7. The zero-order valence-electron chi connectivity index (χ0n) is 17.2. The van der Waals surface area contributed by atoms with Crippen LogP contribution in [0.1, 0.15) is 0 Å². The maximum atomic E-state index is 14.8. The molecule has 1 unspecified atom stereocenters. The molecular formula is C28H19N2OP. The molecule has 1 aliphatic heterocycles. The van der Waals surface area contributed by atoms with Crippen molar-refractivity contribution in [3.63, 3.8) is 0 Å². The van der Waals surface area contributed by atoms with Gasteiger partial charge in [0.1, 0.15) is 0 Å². The van der Waals surface area contributed by atoms with E-state index in [4.69, 9.17) is 5.84 Å². The van der Waals surface area contributed by atoms with Crippen molar-refractivity contribution in [3.05, 3.63) is 103 Å². The van der Waals surface area contributed by atoms with Crippen LogP contribution in [0, 0.1) is 0 Å². The van der Waals surface area contributed by atoms with Crippen LogP contribution in [0.15, 0.2) is 103 Å². The highest BCUT2D eigenvalue weighted by Gasteiger charge is 2.40. The minimum absolute atomic E-state index is 0.857. The zero-order chi connectivity index (χ0) is 21.4. The smallest absolute Gasteiger partial charge is 0.172 e. The molecular weight excluding hydrogens is 411 g/mol. The molecule has 2 N–H and O–H groups in total. The summed E-state index contributed by atoms with van der Waals surface area (Å²) in [4.78, 5) is 0. The van der Waals surface area contributed by atoms with E-state index in [0.29, 0.717) is 0 Å². The van der Waals surface area contributed by atoms with Crippen LogP contribution in [0.5, 0.6) is 0 Å². The molecule has 1 atom stereocenters. The van der Waals surface area contributed by atoms with Crippen molar-refractivity contribution in [2.75, 3.05) is 5.84 Å². The highest BCUT2D eigenvalue weighted by atomic mass is 31.2. The van der Waals surface area contributed by atoms with E-state index >= 15 is 0 Å². The molecule has 1 aliphatic rings. The Morgan fingerprint density at radius 2 is 1.22 bits per heavy atom. The second kappa shape index (κ2) is 6.12. The lowest BCUT2D eigenvalue weighted by molar-refractivity contribution is 0.593. The summed E-state index contributed by atoms with van der Waals surface area (Å²) in [5.41, 5.74) is 3.97. The molecule has 32 heavy (non-hydrogen) atoms. The van der Waals surface area contributed by atoms with Gasteiger partial charge in [0.2, 0.25) is 0 Å². The number of fused-ring (bicyclic) bond motifs is 7. The number of hydrogen-bond donors (Lipinski definition) is 1. The van der Waals surface area contributed by atoms with Crippen LogP contribution < -0.4 is 21.8 Å². The first-order valence-corrected chi connectivity index (χ1v) is 12.4. The van der Waals surface area contributed by atoms with E-state index in [9.17, 15) is 4.57 Å². The van der Waals surface area contributed by atoms with Gasteiger partial charge in [-0.2, -0.15) is 0 Å².